The van der Waals surface area contributed by atoms with Crippen molar-refractivity contribution < 1.29 is 14.3 Å². The van der Waals surface area contributed by atoms with E-state index in [0.29, 0.717) is 28.6 Å². The monoisotopic (exact) mass is 359 g/mol. The van der Waals surface area contributed by atoms with Gasteiger partial charge >= 0.3 is 0 Å². The number of carbonyl (C=O) groups excluding carboxylic acids is 1. The number of carbonyl (C=O) groups is 1. The SMILES string of the molecule is O=C(c1ccc2c(c1)OCO2)N1CCCN(c2ccc(Cl)cn2)CC1. The fraction of sp³-hybridized carbons (Fsp3) is 0.333. The minimum atomic E-state index is 0.0178. The number of hydrogen-bond acceptors (Lipinski definition) is 5. The third-order valence-electron chi connectivity index (χ3n) is 4.44. The fourth-order valence-electron chi connectivity index (χ4n) is 3.12. The number of pyridine rings is 1. The maximum atomic E-state index is 12.8. The van der Waals surface area contributed by atoms with Gasteiger partial charge in [0.25, 0.3) is 5.91 Å². The van der Waals surface area contributed by atoms with Crippen LogP contribution in [-0.2, 0) is 0 Å². The second-order valence-corrected chi connectivity index (χ2v) is 6.47. The van der Waals surface area contributed by atoms with Crippen molar-refractivity contribution in [1.82, 2.24) is 9.88 Å². The quantitative estimate of drug-likeness (QED) is 0.825. The summed E-state index contributed by atoms with van der Waals surface area (Å²) in [5.41, 5.74) is 0.627. The van der Waals surface area contributed by atoms with Crippen LogP contribution in [-0.4, -0.2) is 48.8 Å². The van der Waals surface area contributed by atoms with E-state index in [-0.39, 0.29) is 12.7 Å². The summed E-state index contributed by atoms with van der Waals surface area (Å²) in [6, 6.07) is 9.09. The van der Waals surface area contributed by atoms with Crippen LogP contribution < -0.4 is 14.4 Å². The second kappa shape index (κ2) is 6.80. The predicted octanol–water partition coefficient (Wildman–Crippen LogP) is 2.82. The summed E-state index contributed by atoms with van der Waals surface area (Å²) < 4.78 is 10.7. The zero-order valence-corrected chi connectivity index (χ0v) is 14.4. The van der Waals surface area contributed by atoms with Gasteiger partial charge in [0.05, 0.1) is 5.02 Å². The molecule has 7 heteroatoms. The number of hydrogen-bond donors (Lipinski definition) is 0. The van der Waals surface area contributed by atoms with E-state index in [1.54, 1.807) is 24.4 Å². The van der Waals surface area contributed by atoms with Gasteiger partial charge in [-0.2, -0.15) is 0 Å². The molecule has 0 aliphatic carbocycles. The molecule has 0 spiro atoms. The summed E-state index contributed by atoms with van der Waals surface area (Å²) in [5, 5.41) is 0.623. The van der Waals surface area contributed by atoms with Gasteiger partial charge in [0.2, 0.25) is 6.79 Å². The van der Waals surface area contributed by atoms with Crippen LogP contribution in [0, 0.1) is 0 Å². The molecule has 0 unspecified atom stereocenters. The van der Waals surface area contributed by atoms with E-state index in [1.807, 2.05) is 17.0 Å². The number of halogens is 1. The van der Waals surface area contributed by atoms with Gasteiger partial charge in [0, 0.05) is 37.9 Å². The van der Waals surface area contributed by atoms with Crippen LogP contribution in [0.1, 0.15) is 16.8 Å². The Morgan fingerprint density at radius 1 is 1.04 bits per heavy atom. The summed E-state index contributed by atoms with van der Waals surface area (Å²) in [4.78, 5) is 21.3. The lowest BCUT2D eigenvalue weighted by molar-refractivity contribution is 0.0766. The highest BCUT2D eigenvalue weighted by molar-refractivity contribution is 6.30. The highest BCUT2D eigenvalue weighted by Gasteiger charge is 2.23. The Morgan fingerprint density at radius 2 is 1.92 bits per heavy atom. The molecule has 0 atom stereocenters. The first-order valence-corrected chi connectivity index (χ1v) is 8.64. The molecule has 25 heavy (non-hydrogen) atoms. The van der Waals surface area contributed by atoms with Gasteiger partial charge in [-0.15, -0.1) is 0 Å². The molecule has 1 fully saturated rings. The third kappa shape index (κ3) is 3.35. The fourth-order valence-corrected chi connectivity index (χ4v) is 3.23. The van der Waals surface area contributed by atoms with Crippen molar-refractivity contribution in [3.8, 4) is 11.5 Å². The van der Waals surface area contributed by atoms with Crippen LogP contribution in [0.2, 0.25) is 5.02 Å². The molecular weight excluding hydrogens is 342 g/mol. The van der Waals surface area contributed by atoms with Crippen molar-refractivity contribution in [2.75, 3.05) is 37.9 Å². The molecular formula is C18H18ClN3O3. The Hall–Kier alpha value is -2.47. The maximum absolute atomic E-state index is 12.8. The van der Waals surface area contributed by atoms with Crippen LogP contribution >= 0.6 is 11.6 Å². The Balaban J connectivity index is 1.45. The lowest BCUT2D eigenvalue weighted by Gasteiger charge is -2.23. The Bertz CT molecular complexity index is 782. The standard InChI is InChI=1S/C18H18ClN3O3/c19-14-3-5-17(20-11-14)21-6-1-7-22(9-8-21)18(23)13-2-4-15-16(10-13)25-12-24-15/h2-5,10-11H,1,6-9,12H2. The first-order valence-electron chi connectivity index (χ1n) is 8.26. The van der Waals surface area contributed by atoms with Gasteiger partial charge in [-0.05, 0) is 36.8 Å². The number of rotatable bonds is 2. The Morgan fingerprint density at radius 3 is 2.76 bits per heavy atom. The van der Waals surface area contributed by atoms with Gasteiger partial charge in [-0.1, -0.05) is 11.6 Å². The zero-order chi connectivity index (χ0) is 17.2. The Kier molecular flexibility index (Phi) is 4.36. The average Bonchev–Trinajstić information content (AvgIpc) is 2.97. The second-order valence-electron chi connectivity index (χ2n) is 6.04. The molecule has 0 radical (unpaired) electrons. The molecule has 6 nitrogen and oxygen atoms in total. The number of fused-ring (bicyclic) bond motifs is 1. The van der Waals surface area contributed by atoms with Crippen molar-refractivity contribution >= 4 is 23.3 Å². The van der Waals surface area contributed by atoms with E-state index in [9.17, 15) is 4.79 Å². The molecule has 1 aromatic carbocycles. The van der Waals surface area contributed by atoms with Crippen LogP contribution in [0.5, 0.6) is 11.5 Å². The lowest BCUT2D eigenvalue weighted by atomic mass is 10.1. The highest BCUT2D eigenvalue weighted by atomic mass is 35.5. The summed E-state index contributed by atoms with van der Waals surface area (Å²) >= 11 is 5.90. The van der Waals surface area contributed by atoms with Gasteiger partial charge in [0.1, 0.15) is 5.82 Å². The van der Waals surface area contributed by atoms with Crippen molar-refractivity contribution in [3.05, 3.63) is 47.1 Å². The molecule has 3 heterocycles. The molecule has 0 N–H and O–H groups in total. The van der Waals surface area contributed by atoms with Gasteiger partial charge < -0.3 is 19.3 Å². The number of aromatic nitrogens is 1. The number of benzene rings is 1. The van der Waals surface area contributed by atoms with Crippen molar-refractivity contribution in [1.29, 1.82) is 0 Å². The molecule has 2 aromatic rings. The van der Waals surface area contributed by atoms with E-state index in [2.05, 4.69) is 9.88 Å². The summed E-state index contributed by atoms with van der Waals surface area (Å²) in [7, 11) is 0. The van der Waals surface area contributed by atoms with Crippen LogP contribution in [0.4, 0.5) is 5.82 Å². The lowest BCUT2D eigenvalue weighted by Crippen LogP contribution is -2.35. The number of nitrogens with zero attached hydrogens (tertiary/aromatic N) is 3. The third-order valence-corrected chi connectivity index (χ3v) is 4.66. The van der Waals surface area contributed by atoms with Gasteiger partial charge in [-0.3, -0.25) is 4.79 Å². The summed E-state index contributed by atoms with van der Waals surface area (Å²) in [6.07, 6.45) is 2.54. The molecule has 1 amide bonds. The molecule has 0 saturated carbocycles. The Labute approximate surface area is 150 Å². The molecule has 4 rings (SSSR count). The largest absolute Gasteiger partial charge is 0.454 e. The van der Waals surface area contributed by atoms with E-state index in [4.69, 9.17) is 21.1 Å². The first-order chi connectivity index (χ1) is 12.2. The van der Waals surface area contributed by atoms with E-state index < -0.39 is 0 Å². The molecule has 2 aliphatic rings. The first kappa shape index (κ1) is 16.0. The highest BCUT2D eigenvalue weighted by Crippen LogP contribution is 2.32. The minimum absolute atomic E-state index is 0.0178. The predicted molar refractivity (Wildman–Crippen MR) is 94.5 cm³/mol. The number of ether oxygens (including phenoxy) is 2. The summed E-state index contributed by atoms with van der Waals surface area (Å²) in [6.45, 7) is 3.18. The normalized spacial score (nSPS) is 16.7. The van der Waals surface area contributed by atoms with Crippen molar-refractivity contribution in [3.63, 3.8) is 0 Å². The summed E-state index contributed by atoms with van der Waals surface area (Å²) in [5.74, 6) is 2.23. The molecule has 2 aliphatic heterocycles. The smallest absolute Gasteiger partial charge is 0.254 e. The number of anilines is 1. The van der Waals surface area contributed by atoms with Crippen LogP contribution in [0.25, 0.3) is 0 Å². The van der Waals surface area contributed by atoms with Crippen molar-refractivity contribution in [2.45, 2.75) is 6.42 Å². The molecule has 1 aromatic heterocycles. The molecule has 130 valence electrons. The molecule has 0 bridgehead atoms. The van der Waals surface area contributed by atoms with E-state index >= 15 is 0 Å². The van der Waals surface area contributed by atoms with E-state index in [0.717, 1.165) is 31.9 Å². The number of amides is 1. The topological polar surface area (TPSA) is 54.9 Å². The van der Waals surface area contributed by atoms with Crippen LogP contribution in [0.15, 0.2) is 36.5 Å². The van der Waals surface area contributed by atoms with Gasteiger partial charge in [-0.25, -0.2) is 4.98 Å². The minimum Gasteiger partial charge on any atom is -0.454 e. The average molecular weight is 360 g/mol. The van der Waals surface area contributed by atoms with Crippen molar-refractivity contribution in [2.24, 2.45) is 0 Å². The van der Waals surface area contributed by atoms with Crippen LogP contribution in [0.3, 0.4) is 0 Å². The van der Waals surface area contributed by atoms with E-state index in [1.165, 1.54) is 0 Å². The zero-order valence-electron chi connectivity index (χ0n) is 13.7. The molecule has 1 saturated heterocycles. The van der Waals surface area contributed by atoms with Gasteiger partial charge in [0.15, 0.2) is 11.5 Å². The maximum Gasteiger partial charge on any atom is 0.254 e.